The lowest BCUT2D eigenvalue weighted by Crippen LogP contribution is -2.37. The fraction of sp³-hybridized carbons (Fsp3) is 0.158. The predicted molar refractivity (Wildman–Crippen MR) is 92.4 cm³/mol. The first-order valence-corrected chi connectivity index (χ1v) is 7.71. The van der Waals surface area contributed by atoms with Gasteiger partial charge < -0.3 is 16.0 Å². The van der Waals surface area contributed by atoms with E-state index in [2.05, 4.69) is 10.6 Å². The number of carbonyl (C=O) groups excluding carboxylic acids is 1. The molecule has 1 amide bonds. The van der Waals surface area contributed by atoms with E-state index in [4.69, 9.17) is 5.41 Å². The van der Waals surface area contributed by atoms with E-state index in [1.165, 1.54) is 12.1 Å². The first kappa shape index (κ1) is 15.9. The summed E-state index contributed by atoms with van der Waals surface area (Å²) in [4.78, 5) is 12.2. The molecule has 0 radical (unpaired) electrons. The van der Waals surface area contributed by atoms with Gasteiger partial charge in [-0.05, 0) is 36.8 Å². The highest BCUT2D eigenvalue weighted by atomic mass is 19.1. The molecule has 0 unspecified atom stereocenters. The van der Waals surface area contributed by atoms with Crippen molar-refractivity contribution in [3.8, 4) is 0 Å². The zero-order valence-electron chi connectivity index (χ0n) is 13.3. The van der Waals surface area contributed by atoms with Gasteiger partial charge in [-0.1, -0.05) is 30.3 Å². The fourth-order valence-corrected chi connectivity index (χ4v) is 2.91. The highest BCUT2D eigenvalue weighted by Crippen LogP contribution is 2.33. The van der Waals surface area contributed by atoms with Crippen LogP contribution in [0.3, 0.4) is 0 Å². The molecule has 24 heavy (non-hydrogen) atoms. The summed E-state index contributed by atoms with van der Waals surface area (Å²) in [6, 6.07) is 15.6. The van der Waals surface area contributed by atoms with Gasteiger partial charge in [0.2, 0.25) is 5.91 Å². The van der Waals surface area contributed by atoms with E-state index in [0.717, 1.165) is 11.3 Å². The maximum Gasteiger partial charge on any atom is 0.226 e. The lowest BCUT2D eigenvalue weighted by atomic mass is 9.83. The lowest BCUT2D eigenvalue weighted by Gasteiger charge is -2.29. The SMILES string of the molecule is CC(=N)C1=C(Nc2ccccc2)NC(=O)C[C@H]1c1ccc(F)cc1. The fourth-order valence-electron chi connectivity index (χ4n) is 2.91. The summed E-state index contributed by atoms with van der Waals surface area (Å²) in [7, 11) is 0. The molecule has 2 aromatic carbocycles. The Kier molecular flexibility index (Phi) is 4.42. The first-order chi connectivity index (χ1) is 11.5. The Morgan fingerprint density at radius 3 is 2.46 bits per heavy atom. The minimum atomic E-state index is -0.321. The topological polar surface area (TPSA) is 65.0 Å². The number of anilines is 1. The molecule has 0 bridgehead atoms. The van der Waals surface area contributed by atoms with Crippen molar-refractivity contribution in [2.24, 2.45) is 0 Å². The summed E-state index contributed by atoms with van der Waals surface area (Å²) in [6.45, 7) is 1.69. The quantitative estimate of drug-likeness (QED) is 0.750. The molecule has 0 fully saturated rings. The summed E-state index contributed by atoms with van der Waals surface area (Å²) in [5.41, 5.74) is 2.72. The van der Waals surface area contributed by atoms with Gasteiger partial charge in [-0.2, -0.15) is 0 Å². The normalized spacial score (nSPS) is 17.4. The van der Waals surface area contributed by atoms with Crippen molar-refractivity contribution >= 4 is 17.3 Å². The second-order valence-corrected chi connectivity index (χ2v) is 5.76. The van der Waals surface area contributed by atoms with Gasteiger partial charge in [0.05, 0.1) is 0 Å². The smallest absolute Gasteiger partial charge is 0.226 e. The Morgan fingerprint density at radius 1 is 1.17 bits per heavy atom. The van der Waals surface area contributed by atoms with Crippen LogP contribution >= 0.6 is 0 Å². The molecule has 2 aromatic rings. The average Bonchev–Trinajstić information content (AvgIpc) is 2.55. The van der Waals surface area contributed by atoms with Crippen LogP contribution in [-0.2, 0) is 4.79 Å². The van der Waals surface area contributed by atoms with Gasteiger partial charge in [0.15, 0.2) is 0 Å². The maximum atomic E-state index is 13.2. The summed E-state index contributed by atoms with van der Waals surface area (Å²) < 4.78 is 13.2. The van der Waals surface area contributed by atoms with Gasteiger partial charge in [0.1, 0.15) is 11.6 Å². The third-order valence-corrected chi connectivity index (χ3v) is 3.99. The summed E-state index contributed by atoms with van der Waals surface area (Å²) in [5.74, 6) is -0.214. The molecule has 0 spiro atoms. The second kappa shape index (κ2) is 6.66. The Labute approximate surface area is 139 Å². The number of nitrogens with one attached hydrogen (secondary N) is 3. The Bertz CT molecular complexity index is 797. The number of para-hydroxylation sites is 1. The number of benzene rings is 2. The highest BCUT2D eigenvalue weighted by molar-refractivity contribution is 6.01. The van der Waals surface area contributed by atoms with Gasteiger partial charge in [0.25, 0.3) is 0 Å². The van der Waals surface area contributed by atoms with Crippen molar-refractivity contribution < 1.29 is 9.18 Å². The van der Waals surface area contributed by atoms with Gasteiger partial charge in [-0.25, -0.2) is 4.39 Å². The Morgan fingerprint density at radius 2 is 1.83 bits per heavy atom. The van der Waals surface area contributed by atoms with Crippen LogP contribution in [-0.4, -0.2) is 11.6 Å². The van der Waals surface area contributed by atoms with Crippen LogP contribution in [0, 0.1) is 11.2 Å². The maximum absolute atomic E-state index is 13.2. The van der Waals surface area contributed by atoms with Crippen molar-refractivity contribution in [2.75, 3.05) is 5.32 Å². The predicted octanol–water partition coefficient (Wildman–Crippen LogP) is 3.79. The molecular formula is C19H18FN3O. The molecule has 122 valence electrons. The van der Waals surface area contributed by atoms with Crippen molar-refractivity contribution in [1.29, 1.82) is 5.41 Å². The minimum Gasteiger partial charge on any atom is -0.341 e. The van der Waals surface area contributed by atoms with Crippen molar-refractivity contribution in [2.45, 2.75) is 19.3 Å². The second-order valence-electron chi connectivity index (χ2n) is 5.76. The molecule has 3 N–H and O–H groups in total. The minimum absolute atomic E-state index is 0.132. The largest absolute Gasteiger partial charge is 0.341 e. The third-order valence-electron chi connectivity index (χ3n) is 3.99. The van der Waals surface area contributed by atoms with Gasteiger partial charge in [-0.15, -0.1) is 0 Å². The van der Waals surface area contributed by atoms with E-state index in [1.54, 1.807) is 19.1 Å². The van der Waals surface area contributed by atoms with Gasteiger partial charge in [0, 0.05) is 29.3 Å². The molecule has 0 saturated heterocycles. The number of rotatable bonds is 4. The van der Waals surface area contributed by atoms with E-state index in [1.807, 2.05) is 30.3 Å². The van der Waals surface area contributed by atoms with E-state index >= 15 is 0 Å². The third kappa shape index (κ3) is 3.35. The summed E-state index contributed by atoms with van der Waals surface area (Å²) in [6.07, 6.45) is 0.233. The zero-order chi connectivity index (χ0) is 17.1. The molecule has 5 heteroatoms. The molecular weight excluding hydrogens is 305 g/mol. The molecule has 0 aromatic heterocycles. The Balaban J connectivity index is 2.04. The van der Waals surface area contributed by atoms with Crippen molar-refractivity contribution in [3.05, 3.63) is 77.4 Å². The lowest BCUT2D eigenvalue weighted by molar-refractivity contribution is -0.121. The molecule has 0 saturated carbocycles. The molecule has 4 nitrogen and oxygen atoms in total. The van der Waals surface area contributed by atoms with E-state index in [9.17, 15) is 9.18 Å². The van der Waals surface area contributed by atoms with Crippen LogP contribution in [0.1, 0.15) is 24.8 Å². The van der Waals surface area contributed by atoms with Crippen LogP contribution in [0.4, 0.5) is 10.1 Å². The van der Waals surface area contributed by atoms with Crippen molar-refractivity contribution in [3.63, 3.8) is 0 Å². The molecule has 1 atom stereocenters. The van der Waals surface area contributed by atoms with Crippen LogP contribution in [0.25, 0.3) is 0 Å². The van der Waals surface area contributed by atoms with Crippen LogP contribution in [0.2, 0.25) is 0 Å². The molecule has 1 aliphatic heterocycles. The number of hydrogen-bond acceptors (Lipinski definition) is 3. The molecule has 1 heterocycles. The number of amides is 1. The highest BCUT2D eigenvalue weighted by Gasteiger charge is 2.30. The number of carbonyl (C=O) groups is 1. The average molecular weight is 323 g/mol. The van der Waals surface area contributed by atoms with Crippen molar-refractivity contribution in [1.82, 2.24) is 5.32 Å². The number of halogens is 1. The summed E-state index contributed by atoms with van der Waals surface area (Å²) in [5, 5.41) is 14.2. The Hall–Kier alpha value is -2.95. The van der Waals surface area contributed by atoms with Gasteiger partial charge in [-0.3, -0.25) is 4.79 Å². The standard InChI is InChI=1S/C19H18FN3O/c1-12(21)18-16(13-7-9-14(20)10-8-13)11-17(24)23-19(18)22-15-5-3-2-4-6-15/h2-10,16,21-22H,11H2,1H3,(H,23,24)/t16-/m0/s1. The van der Waals surface area contributed by atoms with Crippen LogP contribution < -0.4 is 10.6 Å². The van der Waals surface area contributed by atoms with E-state index in [-0.39, 0.29) is 24.1 Å². The van der Waals surface area contributed by atoms with E-state index < -0.39 is 0 Å². The zero-order valence-corrected chi connectivity index (χ0v) is 13.3. The molecule has 1 aliphatic rings. The molecule has 0 aliphatic carbocycles. The van der Waals surface area contributed by atoms with Gasteiger partial charge >= 0.3 is 0 Å². The number of hydrogen-bond donors (Lipinski definition) is 3. The number of allylic oxidation sites excluding steroid dienone is 1. The summed E-state index contributed by atoms with van der Waals surface area (Å²) >= 11 is 0. The first-order valence-electron chi connectivity index (χ1n) is 7.71. The van der Waals surface area contributed by atoms with E-state index in [0.29, 0.717) is 17.1 Å². The van der Waals surface area contributed by atoms with Crippen LogP contribution in [0.5, 0.6) is 0 Å². The van der Waals surface area contributed by atoms with Crippen LogP contribution in [0.15, 0.2) is 66.0 Å². The molecule has 3 rings (SSSR count). The monoisotopic (exact) mass is 323 g/mol.